The zero-order valence-corrected chi connectivity index (χ0v) is 9.26. The number of hydrogen-bond acceptors (Lipinski definition) is 3. The average molecular weight is 217 g/mol. The van der Waals surface area contributed by atoms with Crippen LogP contribution < -0.4 is 5.73 Å². The Hall–Kier alpha value is -1.81. The third-order valence-electron chi connectivity index (χ3n) is 2.25. The molecule has 1 heterocycles. The first-order valence-corrected chi connectivity index (χ1v) is 5.14. The largest absolute Gasteiger partial charge is 0.399 e. The number of nitrogens with two attached hydrogens (primary N) is 1. The third kappa shape index (κ3) is 2.84. The summed E-state index contributed by atoms with van der Waals surface area (Å²) in [5.41, 5.74) is 8.60. The summed E-state index contributed by atoms with van der Waals surface area (Å²) in [6.45, 7) is 1.14. The number of hydrogen-bond donors (Lipinski definition) is 1. The molecule has 16 heavy (non-hydrogen) atoms. The van der Waals surface area contributed by atoms with E-state index in [2.05, 4.69) is 5.10 Å². The molecule has 2 aromatic rings. The van der Waals surface area contributed by atoms with Crippen LogP contribution in [-0.4, -0.2) is 9.78 Å². The summed E-state index contributed by atoms with van der Waals surface area (Å²) >= 11 is 0. The van der Waals surface area contributed by atoms with E-state index in [9.17, 15) is 0 Å². The van der Waals surface area contributed by atoms with E-state index in [1.807, 2.05) is 37.5 Å². The van der Waals surface area contributed by atoms with Gasteiger partial charge in [-0.2, -0.15) is 5.10 Å². The van der Waals surface area contributed by atoms with E-state index < -0.39 is 0 Å². The van der Waals surface area contributed by atoms with Gasteiger partial charge in [-0.15, -0.1) is 0 Å². The maximum atomic E-state index is 5.68. The van der Waals surface area contributed by atoms with E-state index in [0.29, 0.717) is 13.2 Å². The van der Waals surface area contributed by atoms with Crippen molar-refractivity contribution in [2.45, 2.75) is 13.2 Å². The van der Waals surface area contributed by atoms with Crippen LogP contribution in [0.4, 0.5) is 5.69 Å². The quantitative estimate of drug-likeness (QED) is 0.793. The van der Waals surface area contributed by atoms with Crippen LogP contribution in [0.5, 0.6) is 0 Å². The molecule has 0 aliphatic rings. The smallest absolute Gasteiger partial charge is 0.0752 e. The van der Waals surface area contributed by atoms with E-state index in [4.69, 9.17) is 10.5 Å². The number of nitrogens with zero attached hydrogens (tertiary/aromatic N) is 2. The second-order valence-corrected chi connectivity index (χ2v) is 3.76. The van der Waals surface area contributed by atoms with Gasteiger partial charge in [-0.25, -0.2) is 0 Å². The molecule has 84 valence electrons. The highest BCUT2D eigenvalue weighted by atomic mass is 16.5. The van der Waals surface area contributed by atoms with Crippen LogP contribution in [0.1, 0.15) is 11.1 Å². The molecule has 0 saturated carbocycles. The summed E-state index contributed by atoms with van der Waals surface area (Å²) in [6, 6.07) is 7.71. The van der Waals surface area contributed by atoms with Gasteiger partial charge >= 0.3 is 0 Å². The van der Waals surface area contributed by atoms with E-state index in [1.165, 1.54) is 0 Å². The number of anilines is 1. The minimum Gasteiger partial charge on any atom is -0.399 e. The zero-order valence-electron chi connectivity index (χ0n) is 9.26. The van der Waals surface area contributed by atoms with Gasteiger partial charge in [0, 0.05) is 24.5 Å². The Morgan fingerprint density at radius 3 is 2.81 bits per heavy atom. The van der Waals surface area contributed by atoms with Crippen molar-refractivity contribution < 1.29 is 4.74 Å². The van der Waals surface area contributed by atoms with Gasteiger partial charge in [-0.3, -0.25) is 4.68 Å². The molecule has 0 aliphatic heterocycles. The molecule has 0 fully saturated rings. The molecule has 0 saturated heterocycles. The van der Waals surface area contributed by atoms with Crippen molar-refractivity contribution in [3.63, 3.8) is 0 Å². The van der Waals surface area contributed by atoms with Crippen LogP contribution >= 0.6 is 0 Å². The Morgan fingerprint density at radius 1 is 1.31 bits per heavy atom. The zero-order chi connectivity index (χ0) is 11.4. The van der Waals surface area contributed by atoms with E-state index >= 15 is 0 Å². The number of aryl methyl sites for hydroxylation is 1. The van der Waals surface area contributed by atoms with Gasteiger partial charge in [-0.1, -0.05) is 12.1 Å². The molecule has 4 heteroatoms. The van der Waals surface area contributed by atoms with Gasteiger partial charge in [-0.05, 0) is 17.7 Å². The standard InChI is InChI=1S/C12H15N3O/c1-15-7-11(6-14-15)9-16-8-10-3-2-4-12(13)5-10/h2-7H,8-9,13H2,1H3. The molecule has 0 spiro atoms. The normalized spacial score (nSPS) is 10.6. The Bertz CT molecular complexity index is 465. The van der Waals surface area contributed by atoms with Gasteiger partial charge in [0.25, 0.3) is 0 Å². The predicted molar refractivity (Wildman–Crippen MR) is 62.6 cm³/mol. The molecule has 2 N–H and O–H groups in total. The first-order chi connectivity index (χ1) is 7.74. The fourth-order valence-electron chi connectivity index (χ4n) is 1.52. The highest BCUT2D eigenvalue weighted by molar-refractivity contribution is 5.40. The fraction of sp³-hybridized carbons (Fsp3) is 0.250. The molecule has 0 atom stereocenters. The van der Waals surface area contributed by atoms with Crippen molar-refractivity contribution >= 4 is 5.69 Å². The topological polar surface area (TPSA) is 53.1 Å². The number of benzene rings is 1. The summed E-state index contributed by atoms with van der Waals surface area (Å²) < 4.78 is 7.33. The van der Waals surface area contributed by atoms with Crippen LogP contribution in [0.3, 0.4) is 0 Å². The molecule has 0 bridgehead atoms. The Morgan fingerprint density at radius 2 is 2.12 bits per heavy atom. The SMILES string of the molecule is Cn1cc(COCc2cccc(N)c2)cn1. The maximum absolute atomic E-state index is 5.68. The Labute approximate surface area is 94.6 Å². The lowest BCUT2D eigenvalue weighted by atomic mass is 10.2. The summed E-state index contributed by atoms with van der Waals surface area (Å²) in [4.78, 5) is 0. The minimum atomic E-state index is 0.569. The maximum Gasteiger partial charge on any atom is 0.0752 e. The van der Waals surface area contributed by atoms with Crippen molar-refractivity contribution in [2.75, 3.05) is 5.73 Å². The molecular formula is C12H15N3O. The van der Waals surface area contributed by atoms with Crippen molar-refractivity contribution in [3.05, 3.63) is 47.8 Å². The van der Waals surface area contributed by atoms with E-state index in [-0.39, 0.29) is 0 Å². The van der Waals surface area contributed by atoms with Crippen LogP contribution in [0.2, 0.25) is 0 Å². The molecule has 1 aromatic carbocycles. The van der Waals surface area contributed by atoms with Crippen molar-refractivity contribution in [3.8, 4) is 0 Å². The predicted octanol–water partition coefficient (Wildman–Crippen LogP) is 1.72. The number of ether oxygens (including phenoxy) is 1. The fourth-order valence-corrected chi connectivity index (χ4v) is 1.52. The first kappa shape index (κ1) is 10.7. The summed E-state index contributed by atoms with van der Waals surface area (Å²) in [5.74, 6) is 0. The van der Waals surface area contributed by atoms with Gasteiger partial charge in [0.05, 0.1) is 19.4 Å². The summed E-state index contributed by atoms with van der Waals surface area (Å²) in [6.07, 6.45) is 3.75. The Balaban J connectivity index is 1.84. The Kier molecular flexibility index (Phi) is 3.22. The van der Waals surface area contributed by atoms with E-state index in [0.717, 1.165) is 16.8 Å². The monoisotopic (exact) mass is 217 g/mol. The summed E-state index contributed by atoms with van der Waals surface area (Å²) in [7, 11) is 1.89. The molecule has 0 amide bonds. The van der Waals surface area contributed by atoms with Gasteiger partial charge in [0.2, 0.25) is 0 Å². The molecule has 0 radical (unpaired) electrons. The summed E-state index contributed by atoms with van der Waals surface area (Å²) in [5, 5.41) is 4.07. The van der Waals surface area contributed by atoms with Gasteiger partial charge < -0.3 is 10.5 Å². The average Bonchev–Trinajstić information content (AvgIpc) is 2.64. The highest BCUT2D eigenvalue weighted by Crippen LogP contribution is 2.09. The second kappa shape index (κ2) is 4.81. The molecule has 4 nitrogen and oxygen atoms in total. The van der Waals surface area contributed by atoms with Crippen LogP contribution in [0, 0.1) is 0 Å². The van der Waals surface area contributed by atoms with E-state index in [1.54, 1.807) is 10.9 Å². The third-order valence-corrected chi connectivity index (χ3v) is 2.25. The lowest BCUT2D eigenvalue weighted by Crippen LogP contribution is -1.94. The van der Waals surface area contributed by atoms with Crippen LogP contribution in [0.15, 0.2) is 36.7 Å². The van der Waals surface area contributed by atoms with Crippen LogP contribution in [0.25, 0.3) is 0 Å². The van der Waals surface area contributed by atoms with Gasteiger partial charge in [0.15, 0.2) is 0 Å². The van der Waals surface area contributed by atoms with Gasteiger partial charge in [0.1, 0.15) is 0 Å². The lowest BCUT2D eigenvalue weighted by Gasteiger charge is -2.03. The number of aromatic nitrogens is 2. The molecule has 0 aliphatic carbocycles. The highest BCUT2D eigenvalue weighted by Gasteiger charge is 1.97. The molecular weight excluding hydrogens is 202 g/mol. The lowest BCUT2D eigenvalue weighted by molar-refractivity contribution is 0.107. The second-order valence-electron chi connectivity index (χ2n) is 3.76. The molecule has 1 aromatic heterocycles. The number of rotatable bonds is 4. The molecule has 0 unspecified atom stereocenters. The number of nitrogen functional groups attached to an aromatic ring is 1. The van der Waals surface area contributed by atoms with Crippen molar-refractivity contribution in [1.29, 1.82) is 0 Å². The van der Waals surface area contributed by atoms with Crippen molar-refractivity contribution in [2.24, 2.45) is 7.05 Å². The first-order valence-electron chi connectivity index (χ1n) is 5.14. The minimum absolute atomic E-state index is 0.569. The molecule has 2 rings (SSSR count). The van der Waals surface area contributed by atoms with Crippen molar-refractivity contribution in [1.82, 2.24) is 9.78 Å². The van der Waals surface area contributed by atoms with Crippen LogP contribution in [-0.2, 0) is 25.0 Å².